The van der Waals surface area contributed by atoms with E-state index in [-0.39, 0.29) is 18.9 Å². The fraction of sp³-hybridized carbons (Fsp3) is 0.391. The Morgan fingerprint density at radius 1 is 1.16 bits per heavy atom. The van der Waals surface area contributed by atoms with Crippen molar-refractivity contribution < 1.29 is 27.2 Å². The highest BCUT2D eigenvalue weighted by molar-refractivity contribution is 6.01. The first-order valence-electron chi connectivity index (χ1n) is 10.1. The Morgan fingerprint density at radius 2 is 1.84 bits per heavy atom. The Hall–Kier alpha value is -3.10. The number of nitrogens with zero attached hydrogens (tertiary/aromatic N) is 2. The van der Waals surface area contributed by atoms with Crippen LogP contribution in [-0.2, 0) is 17.6 Å². The van der Waals surface area contributed by atoms with E-state index in [1.807, 2.05) is 20.8 Å². The van der Waals surface area contributed by atoms with Crippen LogP contribution in [-0.4, -0.2) is 34.8 Å². The molecule has 0 radical (unpaired) electrons. The van der Waals surface area contributed by atoms with Crippen LogP contribution in [0.5, 0.6) is 0 Å². The first kappa shape index (κ1) is 23.6. The number of hydrogen-bond donors (Lipinski definition) is 1. The quantitative estimate of drug-likeness (QED) is 0.624. The minimum Gasteiger partial charge on any atom is -0.390 e. The molecule has 0 saturated heterocycles. The van der Waals surface area contributed by atoms with Crippen LogP contribution in [0.3, 0.4) is 0 Å². The first-order chi connectivity index (χ1) is 14.9. The normalized spacial score (nSPS) is 16.3. The lowest BCUT2D eigenvalue weighted by atomic mass is 10.0. The summed E-state index contributed by atoms with van der Waals surface area (Å²) in [7, 11) is 0. The van der Waals surface area contributed by atoms with Gasteiger partial charge >= 0.3 is 12.2 Å². The van der Waals surface area contributed by atoms with Crippen molar-refractivity contribution >= 4 is 11.7 Å². The van der Waals surface area contributed by atoms with Crippen molar-refractivity contribution in [1.29, 1.82) is 0 Å². The third-order valence-corrected chi connectivity index (χ3v) is 4.73. The third kappa shape index (κ3) is 6.45. The molecule has 5 nitrogen and oxygen atoms in total. The maximum absolute atomic E-state index is 13.2. The van der Waals surface area contributed by atoms with E-state index in [4.69, 9.17) is 4.84 Å². The number of carbonyl (C=O) groups is 1. The van der Waals surface area contributed by atoms with Crippen LogP contribution in [0.4, 0.5) is 22.4 Å². The summed E-state index contributed by atoms with van der Waals surface area (Å²) in [5.41, 5.74) is 0.365. The van der Waals surface area contributed by atoms with Gasteiger partial charge in [0.15, 0.2) is 6.10 Å². The molecule has 1 heterocycles. The number of urea groups is 1. The molecule has 9 heteroatoms. The summed E-state index contributed by atoms with van der Waals surface area (Å²) in [6, 6.07) is 10.3. The number of alkyl halides is 3. The number of hydrogen-bond acceptors (Lipinski definition) is 3. The van der Waals surface area contributed by atoms with Crippen LogP contribution in [0.25, 0.3) is 0 Å². The number of rotatable bonds is 5. The molecule has 0 spiro atoms. The second kappa shape index (κ2) is 9.18. The minimum atomic E-state index is -4.47. The monoisotopic (exact) mass is 451 g/mol. The molecule has 2 aromatic rings. The van der Waals surface area contributed by atoms with Crippen LogP contribution in [0, 0.1) is 5.82 Å². The number of oxime groups is 1. The molecular weight excluding hydrogens is 426 g/mol. The van der Waals surface area contributed by atoms with Crippen molar-refractivity contribution in [3.8, 4) is 0 Å². The van der Waals surface area contributed by atoms with E-state index in [0.29, 0.717) is 23.3 Å². The zero-order valence-electron chi connectivity index (χ0n) is 18.0. The predicted molar refractivity (Wildman–Crippen MR) is 113 cm³/mol. The Morgan fingerprint density at radius 3 is 2.47 bits per heavy atom. The van der Waals surface area contributed by atoms with Crippen LogP contribution in [0.1, 0.15) is 43.9 Å². The van der Waals surface area contributed by atoms with Gasteiger partial charge in [-0.3, -0.25) is 0 Å². The highest BCUT2D eigenvalue weighted by Gasteiger charge is 2.32. The number of carbonyl (C=O) groups excluding carboxylic acids is 1. The van der Waals surface area contributed by atoms with Crippen molar-refractivity contribution in [2.75, 3.05) is 6.54 Å². The molecule has 1 aliphatic heterocycles. The Balaban J connectivity index is 1.74. The Labute approximate surface area is 184 Å². The number of benzene rings is 2. The minimum absolute atomic E-state index is 0.0302. The largest absolute Gasteiger partial charge is 0.416 e. The van der Waals surface area contributed by atoms with E-state index in [0.717, 1.165) is 12.1 Å². The second-order valence-corrected chi connectivity index (χ2v) is 8.74. The van der Waals surface area contributed by atoms with Crippen LogP contribution >= 0.6 is 0 Å². The molecule has 2 aromatic carbocycles. The Kier molecular flexibility index (Phi) is 6.76. The average molecular weight is 451 g/mol. The number of amides is 2. The molecule has 172 valence electrons. The first-order valence-corrected chi connectivity index (χ1v) is 10.1. The fourth-order valence-electron chi connectivity index (χ4n) is 3.27. The number of nitrogens with one attached hydrogen (secondary N) is 1. The van der Waals surface area contributed by atoms with Gasteiger partial charge in [0.05, 0.1) is 17.8 Å². The molecule has 0 aromatic heterocycles. The SMILES string of the molecule is CC(C)(C)NC(=O)N(Cc1cccc(C(F)(F)F)c1)C[C@@H]1CC(c2ccc(F)cc2)=NO1. The summed E-state index contributed by atoms with van der Waals surface area (Å²) in [5.74, 6) is -0.365. The van der Waals surface area contributed by atoms with Gasteiger partial charge in [-0.25, -0.2) is 9.18 Å². The summed E-state index contributed by atoms with van der Waals surface area (Å²) in [5, 5.41) is 6.88. The number of halogens is 4. The molecule has 2 amide bonds. The summed E-state index contributed by atoms with van der Waals surface area (Å²) in [6.07, 6.45) is -4.57. The van der Waals surface area contributed by atoms with Gasteiger partial charge in [-0.1, -0.05) is 29.4 Å². The molecule has 1 N–H and O–H groups in total. The van der Waals surface area contributed by atoms with Gasteiger partial charge in [0.25, 0.3) is 0 Å². The van der Waals surface area contributed by atoms with Crippen LogP contribution < -0.4 is 5.32 Å². The maximum atomic E-state index is 13.2. The van der Waals surface area contributed by atoms with E-state index in [1.165, 1.54) is 23.1 Å². The molecule has 0 bridgehead atoms. The predicted octanol–water partition coefficient (Wildman–Crippen LogP) is 5.35. The molecule has 0 saturated carbocycles. The van der Waals surface area contributed by atoms with Crippen molar-refractivity contribution in [2.24, 2.45) is 5.16 Å². The molecule has 1 aliphatic rings. The summed E-state index contributed by atoms with van der Waals surface area (Å²) in [4.78, 5) is 19.8. The van der Waals surface area contributed by atoms with Gasteiger partial charge in [-0.15, -0.1) is 0 Å². The standard InChI is InChI=1S/C23H25F4N3O2/c1-22(2,3)28-21(31)30(13-15-5-4-6-17(11-15)23(25,26)27)14-19-12-20(29-32-19)16-7-9-18(24)10-8-16/h4-11,19H,12-14H2,1-3H3,(H,28,31)/t19-/m0/s1. The lowest BCUT2D eigenvalue weighted by Gasteiger charge is -2.30. The van der Waals surface area contributed by atoms with Crippen LogP contribution in [0.15, 0.2) is 53.7 Å². The molecule has 3 rings (SSSR count). The fourth-order valence-corrected chi connectivity index (χ4v) is 3.27. The van der Waals surface area contributed by atoms with Crippen molar-refractivity contribution in [3.63, 3.8) is 0 Å². The van der Waals surface area contributed by atoms with Crippen LogP contribution in [0.2, 0.25) is 0 Å². The zero-order chi connectivity index (χ0) is 23.5. The van der Waals surface area contributed by atoms with E-state index in [2.05, 4.69) is 10.5 Å². The van der Waals surface area contributed by atoms with Crippen molar-refractivity contribution in [3.05, 3.63) is 71.0 Å². The summed E-state index contributed by atoms with van der Waals surface area (Å²) < 4.78 is 52.4. The van der Waals surface area contributed by atoms with Gasteiger partial charge in [-0.2, -0.15) is 13.2 Å². The zero-order valence-corrected chi connectivity index (χ0v) is 18.0. The summed E-state index contributed by atoms with van der Waals surface area (Å²) >= 11 is 0. The van der Waals surface area contributed by atoms with E-state index in [9.17, 15) is 22.4 Å². The molecule has 32 heavy (non-hydrogen) atoms. The van der Waals surface area contributed by atoms with Gasteiger partial charge in [-0.05, 0) is 56.2 Å². The smallest absolute Gasteiger partial charge is 0.390 e. The molecule has 0 aliphatic carbocycles. The van der Waals surface area contributed by atoms with E-state index in [1.54, 1.807) is 18.2 Å². The maximum Gasteiger partial charge on any atom is 0.416 e. The second-order valence-electron chi connectivity index (χ2n) is 8.74. The lowest BCUT2D eigenvalue weighted by molar-refractivity contribution is -0.137. The summed E-state index contributed by atoms with van der Waals surface area (Å²) in [6.45, 7) is 5.53. The van der Waals surface area contributed by atoms with E-state index >= 15 is 0 Å². The van der Waals surface area contributed by atoms with Crippen molar-refractivity contribution in [1.82, 2.24) is 10.2 Å². The van der Waals surface area contributed by atoms with Gasteiger partial charge in [0.1, 0.15) is 5.82 Å². The highest BCUT2D eigenvalue weighted by atomic mass is 19.4. The topological polar surface area (TPSA) is 53.9 Å². The third-order valence-electron chi connectivity index (χ3n) is 4.73. The van der Waals surface area contributed by atoms with Gasteiger partial charge in [0, 0.05) is 18.5 Å². The van der Waals surface area contributed by atoms with Gasteiger partial charge < -0.3 is 15.1 Å². The molecule has 1 atom stereocenters. The average Bonchev–Trinajstić information content (AvgIpc) is 3.15. The lowest BCUT2D eigenvalue weighted by Crippen LogP contribution is -2.50. The van der Waals surface area contributed by atoms with Crippen molar-refractivity contribution in [2.45, 2.75) is 51.6 Å². The molecule has 0 fully saturated rings. The Bertz CT molecular complexity index is 982. The van der Waals surface area contributed by atoms with E-state index < -0.39 is 29.4 Å². The molecular formula is C23H25F4N3O2. The molecule has 0 unspecified atom stereocenters. The highest BCUT2D eigenvalue weighted by Crippen LogP contribution is 2.30. The van der Waals surface area contributed by atoms with Gasteiger partial charge in [0.2, 0.25) is 0 Å².